The van der Waals surface area contributed by atoms with Gasteiger partial charge in [-0.2, -0.15) is 0 Å². The molecule has 0 bridgehead atoms. The van der Waals surface area contributed by atoms with E-state index in [4.69, 9.17) is 0 Å². The normalized spacial score (nSPS) is 19.2. The molecule has 1 aliphatic heterocycles. The second-order valence-electron chi connectivity index (χ2n) is 6.44. The first-order valence-corrected chi connectivity index (χ1v) is 8.23. The van der Waals surface area contributed by atoms with Crippen LogP contribution in [-0.2, 0) is 16.9 Å². The van der Waals surface area contributed by atoms with E-state index >= 15 is 0 Å². The van der Waals surface area contributed by atoms with Crippen molar-refractivity contribution in [2.75, 3.05) is 0 Å². The van der Waals surface area contributed by atoms with E-state index in [1.807, 2.05) is 0 Å². The van der Waals surface area contributed by atoms with Gasteiger partial charge in [0, 0.05) is 12.1 Å². The highest BCUT2D eigenvalue weighted by Crippen LogP contribution is 2.31. The lowest BCUT2D eigenvalue weighted by Crippen LogP contribution is -2.40. The zero-order valence-corrected chi connectivity index (χ0v) is 14.9. The van der Waals surface area contributed by atoms with Gasteiger partial charge in [-0.05, 0) is 42.3 Å². The molecule has 0 spiro atoms. The number of non-ortho nitro benzene ring substituents is 1. The van der Waals surface area contributed by atoms with Gasteiger partial charge in [0.25, 0.3) is 11.6 Å². The highest BCUT2D eigenvalue weighted by Gasteiger charge is 2.49. The van der Waals surface area contributed by atoms with Gasteiger partial charge in [-0.15, -0.1) is 13.2 Å². The van der Waals surface area contributed by atoms with E-state index in [0.717, 1.165) is 17.0 Å². The molecule has 1 aliphatic rings. The lowest BCUT2D eigenvalue weighted by molar-refractivity contribution is -0.384. The summed E-state index contributed by atoms with van der Waals surface area (Å²) in [6.07, 6.45) is -4.82. The fraction of sp³-hybridized carbons (Fsp3) is 0.222. The third-order valence-corrected chi connectivity index (χ3v) is 4.43. The average molecular weight is 409 g/mol. The smallest absolute Gasteiger partial charge is 0.406 e. The minimum atomic E-state index is -4.82. The zero-order chi connectivity index (χ0) is 21.4. The maximum Gasteiger partial charge on any atom is 0.573 e. The summed E-state index contributed by atoms with van der Waals surface area (Å²) in [4.78, 5) is 36.3. The summed E-state index contributed by atoms with van der Waals surface area (Å²) in [7, 11) is 0. The topological polar surface area (TPSA) is 102 Å². The summed E-state index contributed by atoms with van der Waals surface area (Å²) in [5.74, 6) is -1.01. The third kappa shape index (κ3) is 4.13. The monoisotopic (exact) mass is 409 g/mol. The summed E-state index contributed by atoms with van der Waals surface area (Å²) < 4.78 is 40.4. The molecule has 1 saturated heterocycles. The van der Waals surface area contributed by atoms with E-state index in [2.05, 4.69) is 10.1 Å². The Morgan fingerprint density at radius 3 is 2.21 bits per heavy atom. The maximum absolute atomic E-state index is 12.9. The number of benzene rings is 2. The van der Waals surface area contributed by atoms with E-state index in [9.17, 15) is 32.9 Å². The van der Waals surface area contributed by atoms with Crippen LogP contribution >= 0.6 is 0 Å². The van der Waals surface area contributed by atoms with Gasteiger partial charge >= 0.3 is 12.4 Å². The lowest BCUT2D eigenvalue weighted by atomic mass is 9.92. The standard InChI is InChI=1S/C18H14F3N3O5/c1-17(12-4-6-13(7-5-12)24(27)28)15(25)23(16(26)22-17)10-11-2-8-14(9-3-11)29-18(19,20)21/h2-9H,10H2,1H3,(H,22,26)/t17-/m0/s1. The number of nitrogens with zero attached hydrogens (tertiary/aromatic N) is 2. The molecule has 1 N–H and O–H groups in total. The summed E-state index contributed by atoms with van der Waals surface area (Å²) in [6, 6.07) is 9.29. The number of nitro groups is 1. The van der Waals surface area contributed by atoms with Crippen molar-refractivity contribution in [2.45, 2.75) is 25.4 Å². The molecule has 0 aromatic heterocycles. The number of amides is 3. The van der Waals surface area contributed by atoms with E-state index in [-0.39, 0.29) is 12.2 Å². The Hall–Kier alpha value is -3.63. The number of carbonyl (C=O) groups is 2. The Kier molecular flexibility index (Phi) is 4.91. The second-order valence-corrected chi connectivity index (χ2v) is 6.44. The Balaban J connectivity index is 1.77. The van der Waals surface area contributed by atoms with Gasteiger partial charge in [0.15, 0.2) is 0 Å². The van der Waals surface area contributed by atoms with Crippen LogP contribution in [0.4, 0.5) is 23.7 Å². The minimum Gasteiger partial charge on any atom is -0.406 e. The molecule has 0 aliphatic carbocycles. The maximum atomic E-state index is 12.9. The predicted octanol–water partition coefficient (Wildman–Crippen LogP) is 3.46. The number of urea groups is 1. The van der Waals surface area contributed by atoms with Crippen molar-refractivity contribution in [3.05, 3.63) is 69.8 Å². The molecular weight excluding hydrogens is 395 g/mol. The van der Waals surface area contributed by atoms with Crippen molar-refractivity contribution in [2.24, 2.45) is 0 Å². The minimum absolute atomic E-state index is 0.160. The van der Waals surface area contributed by atoms with Crippen LogP contribution in [0.5, 0.6) is 5.75 Å². The molecule has 152 valence electrons. The first-order valence-electron chi connectivity index (χ1n) is 8.23. The molecular formula is C18H14F3N3O5. The Bertz CT molecular complexity index is 960. The van der Waals surface area contributed by atoms with Crippen LogP contribution in [0.1, 0.15) is 18.1 Å². The van der Waals surface area contributed by atoms with Crippen LogP contribution in [0.25, 0.3) is 0 Å². The number of hydrogen-bond donors (Lipinski definition) is 1. The largest absolute Gasteiger partial charge is 0.573 e. The van der Waals surface area contributed by atoms with Crippen molar-refractivity contribution in [1.82, 2.24) is 10.2 Å². The molecule has 2 aromatic carbocycles. The first kappa shape index (κ1) is 20.1. The number of imide groups is 1. The van der Waals surface area contributed by atoms with Crippen LogP contribution in [0.15, 0.2) is 48.5 Å². The quantitative estimate of drug-likeness (QED) is 0.463. The summed E-state index contributed by atoms with van der Waals surface area (Å²) in [5, 5.41) is 13.3. The van der Waals surface area contributed by atoms with Crippen molar-refractivity contribution in [3.8, 4) is 5.75 Å². The van der Waals surface area contributed by atoms with E-state index in [1.54, 1.807) is 0 Å². The molecule has 0 radical (unpaired) electrons. The molecule has 2 aromatic rings. The average Bonchev–Trinajstić information content (AvgIpc) is 2.86. The van der Waals surface area contributed by atoms with Gasteiger partial charge in [-0.3, -0.25) is 19.8 Å². The molecule has 1 heterocycles. The highest BCUT2D eigenvalue weighted by atomic mass is 19.4. The van der Waals surface area contributed by atoms with Gasteiger partial charge in [0.05, 0.1) is 11.5 Å². The summed E-state index contributed by atoms with van der Waals surface area (Å²) in [5.41, 5.74) is -0.813. The van der Waals surface area contributed by atoms with Gasteiger partial charge in [0.1, 0.15) is 11.3 Å². The third-order valence-electron chi connectivity index (χ3n) is 4.43. The van der Waals surface area contributed by atoms with Crippen LogP contribution in [0.2, 0.25) is 0 Å². The molecule has 11 heteroatoms. The van der Waals surface area contributed by atoms with E-state index in [1.165, 1.54) is 43.3 Å². The van der Waals surface area contributed by atoms with Crippen LogP contribution in [-0.4, -0.2) is 28.1 Å². The van der Waals surface area contributed by atoms with Gasteiger partial charge in [0.2, 0.25) is 0 Å². The number of nitro benzene ring substituents is 1. The SMILES string of the molecule is C[C@@]1(c2ccc([N+](=O)[O-])cc2)NC(=O)N(Cc2ccc(OC(F)(F)F)cc2)C1=O. The molecule has 1 fully saturated rings. The fourth-order valence-corrected chi connectivity index (χ4v) is 2.93. The van der Waals surface area contributed by atoms with Crippen LogP contribution in [0.3, 0.4) is 0 Å². The fourth-order valence-electron chi connectivity index (χ4n) is 2.93. The van der Waals surface area contributed by atoms with Crippen molar-refractivity contribution < 1.29 is 32.4 Å². The Labute approximate surface area is 162 Å². The molecule has 8 nitrogen and oxygen atoms in total. The lowest BCUT2D eigenvalue weighted by Gasteiger charge is -2.22. The number of halogens is 3. The van der Waals surface area contributed by atoms with Gasteiger partial charge < -0.3 is 10.1 Å². The van der Waals surface area contributed by atoms with E-state index in [0.29, 0.717) is 11.1 Å². The summed E-state index contributed by atoms with van der Waals surface area (Å²) >= 11 is 0. The van der Waals surface area contributed by atoms with Gasteiger partial charge in [-0.1, -0.05) is 12.1 Å². The van der Waals surface area contributed by atoms with Crippen molar-refractivity contribution >= 4 is 17.6 Å². The van der Waals surface area contributed by atoms with Crippen LogP contribution in [0, 0.1) is 10.1 Å². The molecule has 29 heavy (non-hydrogen) atoms. The summed E-state index contributed by atoms with van der Waals surface area (Å²) in [6.45, 7) is 1.30. The molecule has 1 atom stereocenters. The first-order chi connectivity index (χ1) is 13.5. The van der Waals surface area contributed by atoms with Crippen molar-refractivity contribution in [1.29, 1.82) is 0 Å². The number of hydrogen-bond acceptors (Lipinski definition) is 5. The van der Waals surface area contributed by atoms with Crippen molar-refractivity contribution in [3.63, 3.8) is 0 Å². The second kappa shape index (κ2) is 7.08. The number of nitrogens with one attached hydrogen (secondary N) is 1. The molecule has 0 unspecified atom stereocenters. The van der Waals surface area contributed by atoms with Gasteiger partial charge in [-0.25, -0.2) is 4.79 Å². The van der Waals surface area contributed by atoms with E-state index < -0.39 is 34.5 Å². The number of rotatable bonds is 5. The number of carbonyl (C=O) groups excluding carboxylic acids is 2. The predicted molar refractivity (Wildman–Crippen MR) is 92.7 cm³/mol. The van der Waals surface area contributed by atoms with Crippen LogP contribution < -0.4 is 10.1 Å². The molecule has 0 saturated carbocycles. The number of ether oxygens (including phenoxy) is 1. The Morgan fingerprint density at radius 1 is 1.10 bits per heavy atom. The number of alkyl halides is 3. The Morgan fingerprint density at radius 2 is 1.69 bits per heavy atom. The highest BCUT2D eigenvalue weighted by molar-refractivity contribution is 6.07. The zero-order valence-electron chi connectivity index (χ0n) is 14.9. The molecule has 3 rings (SSSR count). The molecule has 3 amide bonds.